The van der Waals surface area contributed by atoms with Gasteiger partial charge in [0.25, 0.3) is 0 Å². The van der Waals surface area contributed by atoms with Gasteiger partial charge in [0.05, 0.1) is 0 Å². The maximum atomic E-state index is 6.35. The molecule has 0 radical (unpaired) electrons. The SMILES string of the molecule is CNC1CC(C2=CCc3c(Cl)cccc32)c2ccccc21. The predicted octanol–water partition coefficient (Wildman–Crippen LogP) is 4.73. The monoisotopic (exact) mass is 295 g/mol. The fraction of sp³-hybridized carbons (Fsp3) is 0.263. The van der Waals surface area contributed by atoms with E-state index in [1.165, 1.54) is 27.8 Å². The Labute approximate surface area is 130 Å². The van der Waals surface area contributed by atoms with Gasteiger partial charge in [-0.05, 0) is 53.8 Å². The van der Waals surface area contributed by atoms with Crippen molar-refractivity contribution in [2.75, 3.05) is 7.05 Å². The van der Waals surface area contributed by atoms with E-state index in [1.54, 1.807) is 0 Å². The summed E-state index contributed by atoms with van der Waals surface area (Å²) in [6, 6.07) is 15.6. The van der Waals surface area contributed by atoms with Crippen LogP contribution in [-0.2, 0) is 6.42 Å². The van der Waals surface area contributed by atoms with Crippen LogP contribution in [0.15, 0.2) is 48.5 Å². The minimum atomic E-state index is 0.454. The molecule has 21 heavy (non-hydrogen) atoms. The van der Waals surface area contributed by atoms with Crippen LogP contribution in [0.2, 0.25) is 5.02 Å². The molecule has 1 N–H and O–H groups in total. The Balaban J connectivity index is 1.79. The molecule has 2 aromatic rings. The lowest BCUT2D eigenvalue weighted by atomic mass is 9.89. The molecule has 0 saturated heterocycles. The van der Waals surface area contributed by atoms with E-state index < -0.39 is 0 Å². The number of hydrogen-bond acceptors (Lipinski definition) is 1. The number of rotatable bonds is 2. The number of allylic oxidation sites excluding steroid dienone is 2. The summed E-state index contributed by atoms with van der Waals surface area (Å²) in [7, 11) is 2.05. The summed E-state index contributed by atoms with van der Waals surface area (Å²) >= 11 is 6.35. The summed E-state index contributed by atoms with van der Waals surface area (Å²) < 4.78 is 0. The summed E-state index contributed by atoms with van der Waals surface area (Å²) in [5, 5.41) is 4.35. The number of nitrogens with one attached hydrogen (secondary N) is 1. The van der Waals surface area contributed by atoms with Crippen molar-refractivity contribution in [1.29, 1.82) is 0 Å². The van der Waals surface area contributed by atoms with Gasteiger partial charge in [-0.25, -0.2) is 0 Å². The average Bonchev–Trinajstić information content (AvgIpc) is 3.09. The fourth-order valence-electron chi connectivity index (χ4n) is 3.89. The van der Waals surface area contributed by atoms with Crippen LogP contribution in [0.4, 0.5) is 0 Å². The molecule has 2 aliphatic rings. The number of halogens is 1. The van der Waals surface area contributed by atoms with Crippen LogP contribution in [-0.4, -0.2) is 7.05 Å². The van der Waals surface area contributed by atoms with E-state index in [4.69, 9.17) is 11.6 Å². The molecule has 0 bridgehead atoms. The van der Waals surface area contributed by atoms with Crippen molar-refractivity contribution in [3.63, 3.8) is 0 Å². The molecular formula is C19H18ClN. The Kier molecular flexibility index (Phi) is 3.13. The summed E-state index contributed by atoms with van der Waals surface area (Å²) in [5.74, 6) is 0.485. The van der Waals surface area contributed by atoms with Crippen molar-refractivity contribution in [2.45, 2.75) is 24.8 Å². The zero-order valence-corrected chi connectivity index (χ0v) is 12.8. The zero-order chi connectivity index (χ0) is 14.4. The van der Waals surface area contributed by atoms with Crippen molar-refractivity contribution in [2.24, 2.45) is 0 Å². The summed E-state index contributed by atoms with van der Waals surface area (Å²) in [6.45, 7) is 0. The van der Waals surface area contributed by atoms with E-state index in [0.717, 1.165) is 17.9 Å². The standard InChI is InChI=1S/C19H18ClN/c1-21-19-11-17(13-5-2-3-6-16(13)19)14-9-10-15-12(14)7-4-8-18(15)20/h2-9,17,19,21H,10-11H2,1H3. The third kappa shape index (κ3) is 1.96. The van der Waals surface area contributed by atoms with Crippen LogP contribution in [0.1, 0.15) is 40.6 Å². The van der Waals surface area contributed by atoms with Gasteiger partial charge in [-0.2, -0.15) is 0 Å². The van der Waals surface area contributed by atoms with Crippen LogP contribution in [0.5, 0.6) is 0 Å². The van der Waals surface area contributed by atoms with Gasteiger partial charge >= 0.3 is 0 Å². The normalized spacial score (nSPS) is 22.9. The maximum Gasteiger partial charge on any atom is 0.0447 e. The molecule has 2 heteroatoms. The van der Waals surface area contributed by atoms with Crippen molar-refractivity contribution >= 4 is 17.2 Å². The van der Waals surface area contributed by atoms with E-state index >= 15 is 0 Å². The minimum absolute atomic E-state index is 0.454. The van der Waals surface area contributed by atoms with Gasteiger partial charge in [-0.3, -0.25) is 0 Å². The number of fused-ring (bicyclic) bond motifs is 2. The second-order valence-corrected chi connectivity index (χ2v) is 6.30. The van der Waals surface area contributed by atoms with Gasteiger partial charge in [0.15, 0.2) is 0 Å². The van der Waals surface area contributed by atoms with Crippen molar-refractivity contribution in [3.05, 3.63) is 75.8 Å². The van der Waals surface area contributed by atoms with Gasteiger partial charge in [-0.1, -0.05) is 54.1 Å². The van der Waals surface area contributed by atoms with E-state index in [1.807, 2.05) is 6.07 Å². The van der Waals surface area contributed by atoms with Crippen molar-refractivity contribution < 1.29 is 0 Å². The van der Waals surface area contributed by atoms with Crippen LogP contribution < -0.4 is 5.32 Å². The molecule has 106 valence electrons. The molecule has 0 heterocycles. The third-order valence-electron chi connectivity index (χ3n) is 4.90. The minimum Gasteiger partial charge on any atom is -0.313 e. The molecule has 0 spiro atoms. The Hall–Kier alpha value is -1.57. The van der Waals surface area contributed by atoms with Crippen molar-refractivity contribution in [3.8, 4) is 0 Å². The van der Waals surface area contributed by atoms with E-state index in [-0.39, 0.29) is 0 Å². The second-order valence-electron chi connectivity index (χ2n) is 5.89. The maximum absolute atomic E-state index is 6.35. The first kappa shape index (κ1) is 13.1. The number of benzene rings is 2. The zero-order valence-electron chi connectivity index (χ0n) is 12.1. The molecule has 0 saturated carbocycles. The highest BCUT2D eigenvalue weighted by Crippen LogP contribution is 2.49. The third-order valence-corrected chi connectivity index (χ3v) is 5.25. The Morgan fingerprint density at radius 3 is 2.67 bits per heavy atom. The smallest absolute Gasteiger partial charge is 0.0447 e. The first-order valence-electron chi connectivity index (χ1n) is 7.53. The van der Waals surface area contributed by atoms with Gasteiger partial charge in [0, 0.05) is 17.0 Å². The fourth-order valence-corrected chi connectivity index (χ4v) is 4.14. The highest BCUT2D eigenvalue weighted by Gasteiger charge is 2.34. The lowest BCUT2D eigenvalue weighted by Gasteiger charge is -2.16. The van der Waals surface area contributed by atoms with E-state index in [0.29, 0.717) is 12.0 Å². The molecule has 2 aliphatic carbocycles. The quantitative estimate of drug-likeness (QED) is 0.845. The molecule has 0 aliphatic heterocycles. The first-order valence-corrected chi connectivity index (χ1v) is 7.91. The molecule has 1 nitrogen and oxygen atoms in total. The van der Waals surface area contributed by atoms with E-state index in [9.17, 15) is 0 Å². The summed E-state index contributed by atoms with van der Waals surface area (Å²) in [4.78, 5) is 0. The molecule has 0 fully saturated rings. The van der Waals surface area contributed by atoms with Gasteiger partial charge in [0.1, 0.15) is 0 Å². The first-order chi connectivity index (χ1) is 10.3. The molecule has 0 amide bonds. The van der Waals surface area contributed by atoms with Gasteiger partial charge in [0.2, 0.25) is 0 Å². The highest BCUT2D eigenvalue weighted by atomic mass is 35.5. The molecule has 2 atom stereocenters. The van der Waals surface area contributed by atoms with Crippen LogP contribution in [0.3, 0.4) is 0 Å². The molecule has 2 unspecified atom stereocenters. The highest BCUT2D eigenvalue weighted by molar-refractivity contribution is 6.31. The van der Waals surface area contributed by atoms with Crippen LogP contribution in [0.25, 0.3) is 5.57 Å². The lowest BCUT2D eigenvalue weighted by molar-refractivity contribution is 0.574. The molecule has 2 aromatic carbocycles. The molecule has 4 rings (SSSR count). The summed E-state index contributed by atoms with van der Waals surface area (Å²) in [6.07, 6.45) is 4.47. The Morgan fingerprint density at radius 2 is 1.86 bits per heavy atom. The largest absolute Gasteiger partial charge is 0.313 e. The summed E-state index contributed by atoms with van der Waals surface area (Å²) in [5.41, 5.74) is 7.01. The van der Waals surface area contributed by atoms with E-state index in [2.05, 4.69) is 54.8 Å². The van der Waals surface area contributed by atoms with Crippen LogP contribution in [0, 0.1) is 0 Å². The Morgan fingerprint density at radius 1 is 1.05 bits per heavy atom. The lowest BCUT2D eigenvalue weighted by Crippen LogP contribution is -2.13. The van der Waals surface area contributed by atoms with Crippen molar-refractivity contribution in [1.82, 2.24) is 5.32 Å². The molecule has 0 aromatic heterocycles. The molecular weight excluding hydrogens is 278 g/mol. The predicted molar refractivity (Wildman–Crippen MR) is 88.7 cm³/mol. The number of hydrogen-bond donors (Lipinski definition) is 1. The van der Waals surface area contributed by atoms with Gasteiger partial charge < -0.3 is 5.32 Å². The topological polar surface area (TPSA) is 12.0 Å². The second kappa shape index (κ2) is 5.01. The van der Waals surface area contributed by atoms with Crippen LogP contribution >= 0.6 is 11.6 Å². The average molecular weight is 296 g/mol. The Bertz CT molecular complexity index is 732. The van der Waals surface area contributed by atoms with Gasteiger partial charge in [-0.15, -0.1) is 0 Å².